The summed E-state index contributed by atoms with van der Waals surface area (Å²) in [7, 11) is 3.21. The molecule has 0 aromatic heterocycles. The smallest absolute Gasteiger partial charge is 0.295 e. The molecule has 2 aromatic rings. The maximum absolute atomic E-state index is 14.2. The third kappa shape index (κ3) is 4.75. The molecule has 3 aliphatic heterocycles. The van der Waals surface area contributed by atoms with Crippen LogP contribution in [0.4, 0.5) is 0 Å². The summed E-state index contributed by atoms with van der Waals surface area (Å²) in [6, 6.07) is 5.64. The van der Waals surface area contributed by atoms with Crippen molar-refractivity contribution >= 4 is 17.6 Å². The molecule has 5 rings (SSSR count). The number of fused-ring (bicyclic) bond motifs is 6. The van der Waals surface area contributed by atoms with Crippen LogP contribution in [-0.4, -0.2) is 65.4 Å². The van der Waals surface area contributed by atoms with E-state index in [4.69, 9.17) is 9.47 Å². The van der Waals surface area contributed by atoms with E-state index in [1.807, 2.05) is 58.6 Å². The van der Waals surface area contributed by atoms with E-state index in [1.165, 1.54) is 0 Å². The van der Waals surface area contributed by atoms with Gasteiger partial charge in [0.2, 0.25) is 11.7 Å². The fourth-order valence-corrected chi connectivity index (χ4v) is 6.88. The van der Waals surface area contributed by atoms with Crippen LogP contribution in [0.15, 0.2) is 24.3 Å². The second kappa shape index (κ2) is 10.1. The highest BCUT2D eigenvalue weighted by Gasteiger charge is 2.54. The molecule has 41 heavy (non-hydrogen) atoms. The van der Waals surface area contributed by atoms with Crippen molar-refractivity contribution in [2.45, 2.75) is 96.2 Å². The summed E-state index contributed by atoms with van der Waals surface area (Å²) in [5.41, 5.74) is 2.47. The highest BCUT2D eigenvalue weighted by molar-refractivity contribution is 6.43. The van der Waals surface area contributed by atoms with Crippen LogP contribution in [0.25, 0.3) is 0 Å². The molecular formula is C33H42N2O6. The van der Waals surface area contributed by atoms with E-state index in [-0.39, 0.29) is 23.3 Å². The molecule has 2 amide bonds. The van der Waals surface area contributed by atoms with Gasteiger partial charge in [-0.1, -0.05) is 41.5 Å². The number of Topliss-reactive ketones (excluding diaryl/α,β-unsaturated/α-hetero) is 1. The second-order valence-electron chi connectivity index (χ2n) is 13.6. The number of carbonyl (C=O) groups is 3. The molecule has 1 N–H and O–H groups in total. The molecule has 1 unspecified atom stereocenters. The minimum Gasteiger partial charge on any atom is -0.507 e. The molecule has 3 aliphatic rings. The number of ketones is 1. The van der Waals surface area contributed by atoms with E-state index in [2.05, 4.69) is 0 Å². The summed E-state index contributed by atoms with van der Waals surface area (Å²) in [6.07, 6.45) is 2.66. The predicted octanol–water partition coefficient (Wildman–Crippen LogP) is 5.08. The third-order valence-electron chi connectivity index (χ3n) is 8.93. The van der Waals surface area contributed by atoms with Crippen LogP contribution < -0.4 is 9.47 Å². The van der Waals surface area contributed by atoms with Crippen LogP contribution in [0.3, 0.4) is 0 Å². The Morgan fingerprint density at radius 2 is 1.56 bits per heavy atom. The molecule has 2 saturated heterocycles. The second-order valence-corrected chi connectivity index (χ2v) is 13.6. The fourth-order valence-electron chi connectivity index (χ4n) is 6.88. The molecule has 220 valence electrons. The number of carbonyl (C=O) groups excluding carboxylic acids is 3. The lowest BCUT2D eigenvalue weighted by Gasteiger charge is -2.55. The molecular weight excluding hydrogens is 520 g/mol. The molecule has 0 radical (unpaired) electrons. The monoisotopic (exact) mass is 562 g/mol. The average molecular weight is 563 g/mol. The lowest BCUT2D eigenvalue weighted by atomic mass is 9.77. The largest absolute Gasteiger partial charge is 0.507 e. The van der Waals surface area contributed by atoms with Gasteiger partial charge in [0.25, 0.3) is 5.91 Å². The normalized spacial score (nSPS) is 22.1. The van der Waals surface area contributed by atoms with Gasteiger partial charge in [0, 0.05) is 34.9 Å². The molecule has 8 nitrogen and oxygen atoms in total. The van der Waals surface area contributed by atoms with Gasteiger partial charge in [-0.15, -0.1) is 0 Å². The zero-order valence-electron chi connectivity index (χ0n) is 25.5. The number of piperazine rings is 1. The van der Waals surface area contributed by atoms with Gasteiger partial charge in [0.05, 0.1) is 26.3 Å². The number of amides is 2. The fraction of sp³-hybridized carbons (Fsp3) is 0.545. The number of nitrogens with zero attached hydrogens (tertiary/aromatic N) is 2. The van der Waals surface area contributed by atoms with Crippen molar-refractivity contribution < 1.29 is 29.0 Å². The van der Waals surface area contributed by atoms with E-state index in [1.54, 1.807) is 31.3 Å². The van der Waals surface area contributed by atoms with E-state index in [0.29, 0.717) is 48.4 Å². The van der Waals surface area contributed by atoms with Gasteiger partial charge in [-0.3, -0.25) is 14.4 Å². The Bertz CT molecular complexity index is 1360. The van der Waals surface area contributed by atoms with Crippen molar-refractivity contribution in [2.24, 2.45) is 0 Å². The lowest BCUT2D eigenvalue weighted by Crippen LogP contribution is -2.68. The zero-order valence-corrected chi connectivity index (χ0v) is 25.5. The number of ether oxygens (including phenoxy) is 2. The first-order valence-electron chi connectivity index (χ1n) is 14.5. The van der Waals surface area contributed by atoms with Crippen LogP contribution in [0.2, 0.25) is 0 Å². The summed E-state index contributed by atoms with van der Waals surface area (Å²) in [5, 5.41) is 11.2. The molecule has 3 heterocycles. The maximum Gasteiger partial charge on any atom is 0.295 e. The first-order valence-corrected chi connectivity index (χ1v) is 14.5. The number of methoxy groups -OCH3 is 2. The molecule has 3 atom stereocenters. The van der Waals surface area contributed by atoms with Gasteiger partial charge >= 0.3 is 0 Å². The van der Waals surface area contributed by atoms with Gasteiger partial charge in [0.15, 0.2) is 0 Å². The van der Waals surface area contributed by atoms with E-state index in [0.717, 1.165) is 17.5 Å². The quantitative estimate of drug-likeness (QED) is 0.413. The Balaban J connectivity index is 1.60. The Morgan fingerprint density at radius 3 is 2.12 bits per heavy atom. The number of rotatable bonds is 4. The molecule has 2 aromatic carbocycles. The SMILES string of the molecule is COc1cc2c(c(OC)c1)C1[C@H]3CCC[C@@H](C(=O)N1CC2)N3C(=O)C(=O)c1cc(C(C)(C)C)c(O)c(C(C)(C)C)c1. The minimum atomic E-state index is -0.673. The van der Waals surface area contributed by atoms with Gasteiger partial charge in [0.1, 0.15) is 23.3 Å². The summed E-state index contributed by atoms with van der Waals surface area (Å²) in [5.74, 6) is 0.00268. The highest BCUT2D eigenvalue weighted by atomic mass is 16.5. The minimum absolute atomic E-state index is 0.118. The van der Waals surface area contributed by atoms with Crippen LogP contribution in [0.5, 0.6) is 17.2 Å². The van der Waals surface area contributed by atoms with Gasteiger partial charge in [-0.2, -0.15) is 0 Å². The molecule has 2 fully saturated rings. The van der Waals surface area contributed by atoms with Crippen molar-refractivity contribution in [1.82, 2.24) is 9.80 Å². The molecule has 8 heteroatoms. The first-order chi connectivity index (χ1) is 19.2. The van der Waals surface area contributed by atoms with Crippen molar-refractivity contribution in [3.8, 4) is 17.2 Å². The summed E-state index contributed by atoms with van der Waals surface area (Å²) in [6.45, 7) is 12.3. The molecule has 0 saturated carbocycles. The number of hydrogen-bond acceptors (Lipinski definition) is 6. The zero-order chi connectivity index (χ0) is 30.0. The van der Waals surface area contributed by atoms with Crippen LogP contribution in [0.1, 0.15) is 99.5 Å². The molecule has 0 aliphatic carbocycles. The number of aromatic hydroxyl groups is 1. The van der Waals surface area contributed by atoms with Crippen molar-refractivity contribution in [3.05, 3.63) is 52.1 Å². The Kier molecular flexibility index (Phi) is 7.11. The van der Waals surface area contributed by atoms with Gasteiger partial charge in [-0.05, 0) is 60.3 Å². The Labute approximate surface area is 242 Å². The van der Waals surface area contributed by atoms with E-state index < -0.39 is 34.6 Å². The van der Waals surface area contributed by atoms with Crippen LogP contribution in [0, 0.1) is 0 Å². The van der Waals surface area contributed by atoms with Gasteiger partial charge in [-0.25, -0.2) is 0 Å². The predicted molar refractivity (Wildman–Crippen MR) is 156 cm³/mol. The van der Waals surface area contributed by atoms with Crippen molar-refractivity contribution in [1.29, 1.82) is 0 Å². The summed E-state index contributed by atoms with van der Waals surface area (Å²) < 4.78 is 11.3. The van der Waals surface area contributed by atoms with E-state index in [9.17, 15) is 19.5 Å². The Morgan fingerprint density at radius 1 is 0.927 bits per heavy atom. The summed E-state index contributed by atoms with van der Waals surface area (Å²) in [4.78, 5) is 45.6. The Hall–Kier alpha value is -3.55. The topological polar surface area (TPSA) is 96.4 Å². The average Bonchev–Trinajstić information content (AvgIpc) is 2.92. The molecule has 2 bridgehead atoms. The van der Waals surface area contributed by atoms with Crippen molar-refractivity contribution in [3.63, 3.8) is 0 Å². The van der Waals surface area contributed by atoms with Gasteiger partial charge < -0.3 is 24.4 Å². The highest BCUT2D eigenvalue weighted by Crippen LogP contribution is 2.48. The number of phenolic OH excluding ortho intramolecular Hbond substituents is 1. The number of benzene rings is 2. The van der Waals surface area contributed by atoms with Crippen LogP contribution in [-0.2, 0) is 26.8 Å². The molecule has 0 spiro atoms. The summed E-state index contributed by atoms with van der Waals surface area (Å²) >= 11 is 0. The van der Waals surface area contributed by atoms with Crippen molar-refractivity contribution in [2.75, 3.05) is 20.8 Å². The number of piperidine rings is 1. The lowest BCUT2D eigenvalue weighted by molar-refractivity contribution is -0.164. The van der Waals surface area contributed by atoms with Crippen LogP contribution >= 0.6 is 0 Å². The maximum atomic E-state index is 14.2. The standard InChI is InChI=1S/C33H42N2O6/c1-32(2,3)21-15-19(16-22(29(21)37)33(4,5)6)28(36)31(39)35-23-10-9-11-24(35)30(38)34-13-12-18-14-20(40-7)17-25(41-8)26(18)27(23)34/h14-17,23-24,27,37H,9-13H2,1-8H3/t23-,24+,27?/m1/s1. The van der Waals surface area contributed by atoms with E-state index >= 15 is 0 Å². The number of hydrogen-bond donors (Lipinski definition) is 1. The first kappa shape index (κ1) is 29.0. The third-order valence-corrected chi connectivity index (χ3v) is 8.93. The number of phenols is 1.